The third kappa shape index (κ3) is 4.62. The zero-order valence-electron chi connectivity index (χ0n) is 11.5. The highest BCUT2D eigenvalue weighted by Gasteiger charge is 2.21. The zero-order valence-corrected chi connectivity index (χ0v) is 12.3. The number of hydrogen-bond donors (Lipinski definition) is 0. The Morgan fingerprint density at radius 1 is 1.05 bits per heavy atom. The summed E-state index contributed by atoms with van der Waals surface area (Å²) in [6.07, 6.45) is 5.94. The van der Waals surface area contributed by atoms with Gasteiger partial charge in [-0.25, -0.2) is 0 Å². The molecule has 0 spiro atoms. The van der Waals surface area contributed by atoms with E-state index in [1.165, 1.54) is 12.0 Å². The second kappa shape index (κ2) is 6.53. The summed E-state index contributed by atoms with van der Waals surface area (Å²) in [7, 11) is -3.45. The van der Waals surface area contributed by atoms with Crippen molar-refractivity contribution in [1.29, 1.82) is 0 Å². The van der Waals surface area contributed by atoms with Gasteiger partial charge in [0.15, 0.2) is 0 Å². The van der Waals surface area contributed by atoms with Crippen molar-refractivity contribution in [2.24, 2.45) is 0 Å². The van der Waals surface area contributed by atoms with E-state index >= 15 is 0 Å². The van der Waals surface area contributed by atoms with Crippen LogP contribution in [-0.4, -0.2) is 14.5 Å². The van der Waals surface area contributed by atoms with Crippen LogP contribution in [0.1, 0.15) is 50.2 Å². The van der Waals surface area contributed by atoms with Crippen LogP contribution in [0.25, 0.3) is 0 Å². The van der Waals surface area contributed by atoms with Gasteiger partial charge in [-0.2, -0.15) is 8.42 Å². The molecule has 4 heteroatoms. The Hall–Kier alpha value is -0.870. The molecule has 0 amide bonds. The maximum Gasteiger partial charge on any atom is 0.271 e. The van der Waals surface area contributed by atoms with Gasteiger partial charge < -0.3 is 0 Å². The lowest BCUT2D eigenvalue weighted by atomic mass is 9.98. The summed E-state index contributed by atoms with van der Waals surface area (Å²) in [4.78, 5) is 0. The van der Waals surface area contributed by atoms with Gasteiger partial charge in [0.25, 0.3) is 10.1 Å². The lowest BCUT2D eigenvalue weighted by Crippen LogP contribution is -2.22. The first-order chi connectivity index (χ1) is 9.09. The van der Waals surface area contributed by atoms with Gasteiger partial charge in [-0.3, -0.25) is 4.18 Å². The predicted octanol–water partition coefficient (Wildman–Crippen LogP) is 3.43. The fourth-order valence-electron chi connectivity index (χ4n) is 2.48. The van der Waals surface area contributed by atoms with Crippen LogP contribution in [0.15, 0.2) is 24.3 Å². The van der Waals surface area contributed by atoms with Crippen LogP contribution in [0.3, 0.4) is 0 Å². The molecule has 1 aliphatic carbocycles. The molecule has 3 nitrogen and oxygen atoms in total. The summed E-state index contributed by atoms with van der Waals surface area (Å²) in [6, 6.07) is 7.71. The average molecular weight is 282 g/mol. The monoisotopic (exact) mass is 282 g/mol. The Balaban J connectivity index is 1.95. The maximum absolute atomic E-state index is 12.0. The van der Waals surface area contributed by atoms with E-state index in [4.69, 9.17) is 4.18 Å². The van der Waals surface area contributed by atoms with Crippen LogP contribution >= 0.6 is 0 Å². The molecule has 1 aliphatic rings. The van der Waals surface area contributed by atoms with E-state index in [9.17, 15) is 8.42 Å². The molecule has 0 bridgehead atoms. The molecule has 0 heterocycles. The van der Waals surface area contributed by atoms with E-state index < -0.39 is 10.1 Å². The van der Waals surface area contributed by atoms with Crippen LogP contribution in [-0.2, 0) is 26.5 Å². The first-order valence-electron chi connectivity index (χ1n) is 7.08. The van der Waals surface area contributed by atoms with Crippen molar-refractivity contribution in [3.63, 3.8) is 0 Å². The molecular weight excluding hydrogens is 260 g/mol. The highest BCUT2D eigenvalue weighted by molar-refractivity contribution is 7.85. The molecule has 19 heavy (non-hydrogen) atoms. The van der Waals surface area contributed by atoms with Crippen LogP contribution in [0.2, 0.25) is 0 Å². The van der Waals surface area contributed by atoms with Crippen molar-refractivity contribution < 1.29 is 12.6 Å². The lowest BCUT2D eigenvalue weighted by Gasteiger charge is -2.21. The molecule has 0 atom stereocenters. The van der Waals surface area contributed by atoms with Crippen molar-refractivity contribution in [3.05, 3.63) is 35.4 Å². The summed E-state index contributed by atoms with van der Waals surface area (Å²) < 4.78 is 29.3. The molecule has 106 valence electrons. The van der Waals surface area contributed by atoms with Gasteiger partial charge >= 0.3 is 0 Å². The number of benzene rings is 1. The molecule has 0 N–H and O–H groups in total. The van der Waals surface area contributed by atoms with Crippen LogP contribution in [0, 0.1) is 0 Å². The fourth-order valence-corrected chi connectivity index (χ4v) is 3.75. The van der Waals surface area contributed by atoms with Crippen molar-refractivity contribution in [2.75, 3.05) is 0 Å². The summed E-state index contributed by atoms with van der Waals surface area (Å²) >= 11 is 0. The summed E-state index contributed by atoms with van der Waals surface area (Å²) in [5.41, 5.74) is 2.02. The molecular formula is C15H22O3S. The van der Waals surface area contributed by atoms with Gasteiger partial charge in [-0.05, 0) is 30.4 Å². The maximum atomic E-state index is 12.0. The molecule has 2 rings (SSSR count). The SMILES string of the molecule is CCc1ccc(CS(=O)(=O)OC2CCCCC2)cc1. The van der Waals surface area contributed by atoms with Crippen LogP contribution in [0.5, 0.6) is 0 Å². The normalized spacial score (nSPS) is 17.5. The molecule has 0 radical (unpaired) electrons. The second-order valence-corrected chi connectivity index (χ2v) is 6.82. The van der Waals surface area contributed by atoms with E-state index in [2.05, 4.69) is 6.92 Å². The minimum atomic E-state index is -3.45. The van der Waals surface area contributed by atoms with Gasteiger partial charge in [-0.15, -0.1) is 0 Å². The highest BCUT2D eigenvalue weighted by atomic mass is 32.2. The van der Waals surface area contributed by atoms with Crippen molar-refractivity contribution >= 4 is 10.1 Å². The van der Waals surface area contributed by atoms with E-state index in [0.29, 0.717) is 0 Å². The molecule has 0 aliphatic heterocycles. The molecule has 1 aromatic carbocycles. The average Bonchev–Trinajstić information content (AvgIpc) is 2.39. The Morgan fingerprint density at radius 2 is 1.63 bits per heavy atom. The van der Waals surface area contributed by atoms with Crippen molar-refractivity contribution in [3.8, 4) is 0 Å². The van der Waals surface area contributed by atoms with Crippen LogP contribution < -0.4 is 0 Å². The van der Waals surface area contributed by atoms with E-state index in [1.54, 1.807) is 0 Å². The Kier molecular flexibility index (Phi) is 4.99. The molecule has 0 aromatic heterocycles. The quantitative estimate of drug-likeness (QED) is 0.777. The van der Waals surface area contributed by atoms with Gasteiger partial charge in [0.1, 0.15) is 5.75 Å². The van der Waals surface area contributed by atoms with E-state index in [1.807, 2.05) is 24.3 Å². The van der Waals surface area contributed by atoms with Gasteiger partial charge in [0, 0.05) is 0 Å². The second-order valence-electron chi connectivity index (χ2n) is 5.23. The predicted molar refractivity (Wildman–Crippen MR) is 76.4 cm³/mol. The fraction of sp³-hybridized carbons (Fsp3) is 0.600. The van der Waals surface area contributed by atoms with Crippen molar-refractivity contribution in [2.45, 2.75) is 57.3 Å². The first-order valence-corrected chi connectivity index (χ1v) is 8.65. The summed E-state index contributed by atoms with van der Waals surface area (Å²) in [6.45, 7) is 2.08. The third-order valence-electron chi connectivity index (χ3n) is 3.61. The smallest absolute Gasteiger partial charge is 0.267 e. The Bertz CT molecular complexity index is 485. The van der Waals surface area contributed by atoms with E-state index in [-0.39, 0.29) is 11.9 Å². The number of rotatable bonds is 5. The largest absolute Gasteiger partial charge is 0.271 e. The topological polar surface area (TPSA) is 43.4 Å². The standard InChI is InChI=1S/C15H22O3S/c1-2-13-8-10-14(11-9-13)12-19(16,17)18-15-6-4-3-5-7-15/h8-11,15H,2-7,12H2,1H3. The number of hydrogen-bond acceptors (Lipinski definition) is 3. The third-order valence-corrected chi connectivity index (χ3v) is 4.86. The minimum absolute atomic E-state index is 0.0203. The Labute approximate surface area is 116 Å². The number of aryl methyl sites for hydroxylation is 1. The highest BCUT2D eigenvalue weighted by Crippen LogP contribution is 2.23. The van der Waals surface area contributed by atoms with Gasteiger partial charge in [0.05, 0.1) is 6.10 Å². The summed E-state index contributed by atoms with van der Waals surface area (Å²) in [5, 5.41) is 0. The van der Waals surface area contributed by atoms with E-state index in [0.717, 1.165) is 37.7 Å². The molecule has 1 saturated carbocycles. The van der Waals surface area contributed by atoms with Gasteiger partial charge in [-0.1, -0.05) is 50.5 Å². The minimum Gasteiger partial charge on any atom is -0.267 e. The molecule has 0 saturated heterocycles. The Morgan fingerprint density at radius 3 is 2.21 bits per heavy atom. The van der Waals surface area contributed by atoms with Crippen molar-refractivity contribution in [1.82, 2.24) is 0 Å². The van der Waals surface area contributed by atoms with Crippen LogP contribution in [0.4, 0.5) is 0 Å². The first kappa shape index (κ1) is 14.5. The molecule has 1 aromatic rings. The lowest BCUT2D eigenvalue weighted by molar-refractivity contribution is 0.162. The molecule has 0 unspecified atom stereocenters. The molecule has 1 fully saturated rings. The van der Waals surface area contributed by atoms with Gasteiger partial charge in [0.2, 0.25) is 0 Å². The zero-order chi connectivity index (χ0) is 13.7. The summed E-state index contributed by atoms with van der Waals surface area (Å²) in [5.74, 6) is -0.0203.